The summed E-state index contributed by atoms with van der Waals surface area (Å²) < 4.78 is 0. The fraction of sp³-hybridized carbons (Fsp3) is 0.818. The molecule has 0 saturated heterocycles. The lowest BCUT2D eigenvalue weighted by molar-refractivity contribution is 0.140. The lowest BCUT2D eigenvalue weighted by atomic mass is 9.64. The minimum absolute atomic E-state index is 0.660. The molecule has 3 aliphatic carbocycles. The monoisotopic (exact) mass is 191 g/mol. The van der Waals surface area contributed by atoms with Crippen molar-refractivity contribution < 1.29 is 0 Å². The van der Waals surface area contributed by atoms with E-state index in [9.17, 15) is 0 Å². The van der Waals surface area contributed by atoms with Gasteiger partial charge in [0.2, 0.25) is 0 Å². The Bertz CT molecular complexity index is 323. The highest BCUT2D eigenvalue weighted by Gasteiger charge is 2.38. The van der Waals surface area contributed by atoms with Crippen LogP contribution in [0.25, 0.3) is 0 Å². The molecule has 0 spiro atoms. The summed E-state index contributed by atoms with van der Waals surface area (Å²) in [6.45, 7) is 1.98. The highest BCUT2D eigenvalue weighted by atomic mass is 15.2. The summed E-state index contributed by atoms with van der Waals surface area (Å²) in [5, 5.41) is 7.29. The van der Waals surface area contributed by atoms with Gasteiger partial charge in [0.15, 0.2) is 5.82 Å². The fourth-order valence-corrected chi connectivity index (χ4v) is 3.22. The summed E-state index contributed by atoms with van der Waals surface area (Å²) in [6, 6.07) is 0. The third-order valence-corrected chi connectivity index (χ3v) is 3.99. The van der Waals surface area contributed by atoms with E-state index in [-0.39, 0.29) is 0 Å². The Labute approximate surface area is 84.3 Å². The average Bonchev–Trinajstić information content (AvgIpc) is 2.66. The van der Waals surface area contributed by atoms with Gasteiger partial charge in [-0.1, -0.05) is 12.8 Å². The van der Waals surface area contributed by atoms with Gasteiger partial charge < -0.3 is 0 Å². The smallest absolute Gasteiger partial charge is 0.154 e. The van der Waals surface area contributed by atoms with Crippen molar-refractivity contribution >= 4 is 0 Å². The number of fused-ring (bicyclic) bond motifs is 3. The number of nitrogens with one attached hydrogen (secondary N) is 1. The summed E-state index contributed by atoms with van der Waals surface area (Å²) >= 11 is 0. The Hall–Kier alpha value is -0.860. The van der Waals surface area contributed by atoms with Crippen molar-refractivity contribution in [1.82, 2.24) is 15.2 Å². The van der Waals surface area contributed by atoms with Crippen molar-refractivity contribution in [1.29, 1.82) is 0 Å². The number of rotatable bonds is 1. The standard InChI is InChI=1S/C11H17N3/c1-7-12-11(14-13-7)10-6-8-2-4-9(10)5-3-8/h8-10H,2-6H2,1H3,(H,12,13,14). The lowest BCUT2D eigenvalue weighted by Gasteiger charge is -2.41. The molecule has 1 N–H and O–H groups in total. The highest BCUT2D eigenvalue weighted by molar-refractivity contribution is 5.04. The first-order valence-electron chi connectivity index (χ1n) is 5.72. The number of H-pyrrole nitrogens is 1. The molecule has 0 aromatic carbocycles. The van der Waals surface area contributed by atoms with Crippen molar-refractivity contribution in [2.75, 3.05) is 0 Å². The normalized spacial score (nSPS) is 36.2. The van der Waals surface area contributed by atoms with Crippen molar-refractivity contribution in [3.8, 4) is 0 Å². The van der Waals surface area contributed by atoms with Crippen molar-refractivity contribution in [3.63, 3.8) is 0 Å². The van der Waals surface area contributed by atoms with Crippen LogP contribution in [0.2, 0.25) is 0 Å². The first-order valence-corrected chi connectivity index (χ1v) is 5.72. The third kappa shape index (κ3) is 1.26. The van der Waals surface area contributed by atoms with Crippen LogP contribution in [0.3, 0.4) is 0 Å². The molecule has 0 radical (unpaired) electrons. The number of hydrogen-bond donors (Lipinski definition) is 1. The van der Waals surface area contributed by atoms with Gasteiger partial charge in [-0.3, -0.25) is 5.10 Å². The van der Waals surface area contributed by atoms with Gasteiger partial charge in [0.05, 0.1) is 0 Å². The molecule has 0 amide bonds. The number of nitrogens with zero attached hydrogens (tertiary/aromatic N) is 2. The van der Waals surface area contributed by atoms with Gasteiger partial charge in [-0.2, -0.15) is 5.10 Å². The molecule has 3 aliphatic rings. The molecule has 0 aliphatic heterocycles. The maximum absolute atomic E-state index is 4.49. The average molecular weight is 191 g/mol. The van der Waals surface area contributed by atoms with E-state index in [1.54, 1.807) is 0 Å². The van der Waals surface area contributed by atoms with Gasteiger partial charge in [-0.25, -0.2) is 4.98 Å². The van der Waals surface area contributed by atoms with E-state index in [1.165, 1.54) is 32.1 Å². The van der Waals surface area contributed by atoms with Crippen molar-refractivity contribution in [2.45, 2.75) is 44.9 Å². The molecule has 3 heteroatoms. The second-order valence-corrected chi connectivity index (χ2v) is 4.90. The minimum atomic E-state index is 0.660. The van der Waals surface area contributed by atoms with Crippen molar-refractivity contribution in [2.24, 2.45) is 11.8 Å². The van der Waals surface area contributed by atoms with E-state index < -0.39 is 0 Å². The van der Waals surface area contributed by atoms with Gasteiger partial charge in [-0.15, -0.1) is 0 Å². The number of aromatic nitrogens is 3. The number of hydrogen-bond acceptors (Lipinski definition) is 2. The van der Waals surface area contributed by atoms with Gasteiger partial charge in [0.1, 0.15) is 5.82 Å². The molecule has 2 bridgehead atoms. The zero-order valence-electron chi connectivity index (χ0n) is 8.66. The summed E-state index contributed by atoms with van der Waals surface area (Å²) in [5.74, 6) is 4.53. The van der Waals surface area contributed by atoms with Crippen LogP contribution in [0.5, 0.6) is 0 Å². The fourth-order valence-electron chi connectivity index (χ4n) is 3.22. The molecule has 3 fully saturated rings. The summed E-state index contributed by atoms with van der Waals surface area (Å²) in [7, 11) is 0. The Morgan fingerprint density at radius 2 is 2.00 bits per heavy atom. The highest BCUT2D eigenvalue weighted by Crippen LogP contribution is 2.48. The molecule has 1 aromatic rings. The van der Waals surface area contributed by atoms with Gasteiger partial charge in [-0.05, 0) is 38.0 Å². The SMILES string of the molecule is Cc1nc(C2CC3CCC2CC3)n[nH]1. The molecule has 3 saturated carbocycles. The van der Waals surface area contributed by atoms with E-state index in [2.05, 4.69) is 15.2 Å². The van der Waals surface area contributed by atoms with Crippen molar-refractivity contribution in [3.05, 3.63) is 11.6 Å². The van der Waals surface area contributed by atoms with E-state index in [0.717, 1.165) is 23.5 Å². The van der Waals surface area contributed by atoms with Crippen LogP contribution in [0.15, 0.2) is 0 Å². The summed E-state index contributed by atoms with van der Waals surface area (Å²) in [5.41, 5.74) is 0. The maximum atomic E-state index is 4.49. The third-order valence-electron chi connectivity index (χ3n) is 3.99. The van der Waals surface area contributed by atoms with Crippen LogP contribution in [-0.4, -0.2) is 15.2 Å². The predicted molar refractivity (Wildman–Crippen MR) is 53.9 cm³/mol. The molecule has 1 aromatic heterocycles. The molecule has 14 heavy (non-hydrogen) atoms. The number of aromatic amines is 1. The molecular formula is C11H17N3. The largest absolute Gasteiger partial charge is 0.263 e. The Morgan fingerprint density at radius 1 is 1.21 bits per heavy atom. The zero-order chi connectivity index (χ0) is 9.54. The molecule has 3 nitrogen and oxygen atoms in total. The molecule has 76 valence electrons. The second-order valence-electron chi connectivity index (χ2n) is 4.90. The Morgan fingerprint density at radius 3 is 2.50 bits per heavy atom. The topological polar surface area (TPSA) is 41.6 Å². The molecular weight excluding hydrogens is 174 g/mol. The van der Waals surface area contributed by atoms with Crippen LogP contribution in [0, 0.1) is 18.8 Å². The Balaban J connectivity index is 1.85. The first kappa shape index (κ1) is 8.45. The lowest BCUT2D eigenvalue weighted by Crippen LogP contribution is -2.30. The van der Waals surface area contributed by atoms with E-state index >= 15 is 0 Å². The van der Waals surface area contributed by atoms with Gasteiger partial charge >= 0.3 is 0 Å². The molecule has 4 rings (SSSR count). The summed E-state index contributed by atoms with van der Waals surface area (Å²) in [6.07, 6.45) is 7.04. The quantitative estimate of drug-likeness (QED) is 0.740. The molecule has 1 heterocycles. The second kappa shape index (κ2) is 3.07. The van der Waals surface area contributed by atoms with E-state index in [4.69, 9.17) is 0 Å². The summed E-state index contributed by atoms with van der Waals surface area (Å²) in [4.78, 5) is 4.49. The van der Waals surface area contributed by atoms with Crippen LogP contribution in [-0.2, 0) is 0 Å². The molecule has 1 unspecified atom stereocenters. The molecule has 1 atom stereocenters. The zero-order valence-corrected chi connectivity index (χ0v) is 8.66. The van der Waals surface area contributed by atoms with Crippen LogP contribution < -0.4 is 0 Å². The van der Waals surface area contributed by atoms with E-state index in [0.29, 0.717) is 5.92 Å². The minimum Gasteiger partial charge on any atom is -0.263 e. The van der Waals surface area contributed by atoms with Crippen LogP contribution in [0.1, 0.15) is 49.7 Å². The Kier molecular flexibility index (Phi) is 1.85. The van der Waals surface area contributed by atoms with Crippen LogP contribution in [0.4, 0.5) is 0 Å². The van der Waals surface area contributed by atoms with Gasteiger partial charge in [0, 0.05) is 5.92 Å². The predicted octanol–water partition coefficient (Wildman–Crippen LogP) is 2.41. The maximum Gasteiger partial charge on any atom is 0.154 e. The first-order chi connectivity index (χ1) is 6.83. The van der Waals surface area contributed by atoms with Gasteiger partial charge in [0.25, 0.3) is 0 Å². The van der Waals surface area contributed by atoms with Crippen LogP contribution >= 0.6 is 0 Å². The van der Waals surface area contributed by atoms with E-state index in [1.807, 2.05) is 6.92 Å². The number of aryl methyl sites for hydroxylation is 1.